The van der Waals surface area contributed by atoms with Crippen molar-refractivity contribution in [1.82, 2.24) is 9.13 Å². The van der Waals surface area contributed by atoms with Gasteiger partial charge in [0.25, 0.3) is 13.4 Å². The van der Waals surface area contributed by atoms with Gasteiger partial charge >= 0.3 is 0 Å². The van der Waals surface area contributed by atoms with E-state index in [1.165, 1.54) is 12.1 Å². The van der Waals surface area contributed by atoms with Gasteiger partial charge in [0.2, 0.25) is 0 Å². The molecule has 9 aromatic carbocycles. The molecular formula is C54H28B2F4N4. The summed E-state index contributed by atoms with van der Waals surface area (Å²) < 4.78 is 72.0. The Hall–Kier alpha value is -7.97. The molecule has 2 aromatic heterocycles. The van der Waals surface area contributed by atoms with E-state index in [1.54, 1.807) is 0 Å². The number of fused-ring (bicyclic) bond motifs is 14. The fourth-order valence-electron chi connectivity index (χ4n) is 12.0. The minimum Gasteiger partial charge on any atom is -0.310 e. The van der Waals surface area contributed by atoms with Crippen molar-refractivity contribution in [2.45, 2.75) is 0 Å². The molecule has 0 spiro atoms. The summed E-state index contributed by atoms with van der Waals surface area (Å²) in [7, 11) is 0. The number of nitrogens with zero attached hydrogens (tertiary/aromatic N) is 4. The van der Waals surface area contributed by atoms with Crippen LogP contribution in [0.25, 0.3) is 55.0 Å². The molecule has 4 nitrogen and oxygen atoms in total. The quantitative estimate of drug-likeness (QED) is 0.128. The summed E-state index contributed by atoms with van der Waals surface area (Å²) in [6.07, 6.45) is 0. The second kappa shape index (κ2) is 11.9. The number of benzene rings is 9. The molecule has 298 valence electrons. The number of para-hydroxylation sites is 6. The maximum absolute atomic E-state index is 17.3. The molecule has 0 fully saturated rings. The Bertz CT molecular complexity index is 3690. The highest BCUT2D eigenvalue weighted by molar-refractivity contribution is 7.03. The van der Waals surface area contributed by atoms with Crippen molar-refractivity contribution in [3.8, 4) is 11.4 Å². The van der Waals surface area contributed by atoms with Crippen molar-refractivity contribution in [2.75, 3.05) is 9.80 Å². The summed E-state index contributed by atoms with van der Waals surface area (Å²) in [5.74, 6) is -3.85. The molecule has 4 aliphatic heterocycles. The average Bonchev–Trinajstić information content (AvgIpc) is 3.86. The lowest BCUT2D eigenvalue weighted by atomic mass is 9.30. The van der Waals surface area contributed by atoms with Gasteiger partial charge < -0.3 is 18.9 Å². The van der Waals surface area contributed by atoms with E-state index in [-0.39, 0.29) is 11.4 Å². The molecule has 0 unspecified atom stereocenters. The Morgan fingerprint density at radius 3 is 1.20 bits per heavy atom. The number of hydrogen-bond acceptors (Lipinski definition) is 2. The highest BCUT2D eigenvalue weighted by Crippen LogP contribution is 2.48. The lowest BCUT2D eigenvalue weighted by Gasteiger charge is -2.44. The molecule has 4 aliphatic rings. The molecule has 0 atom stereocenters. The molecule has 64 heavy (non-hydrogen) atoms. The van der Waals surface area contributed by atoms with Crippen molar-refractivity contribution < 1.29 is 17.6 Å². The Morgan fingerprint density at radius 2 is 0.750 bits per heavy atom. The first kappa shape index (κ1) is 34.6. The number of anilines is 6. The van der Waals surface area contributed by atoms with Crippen LogP contribution in [0.5, 0.6) is 0 Å². The Labute approximate surface area is 363 Å². The Kier molecular flexibility index (Phi) is 6.45. The van der Waals surface area contributed by atoms with Crippen LogP contribution in [0, 0.1) is 23.3 Å². The van der Waals surface area contributed by atoms with Gasteiger partial charge in [-0.05, 0) is 75.2 Å². The first-order valence-corrected chi connectivity index (χ1v) is 21.4. The lowest BCUT2D eigenvalue weighted by Crippen LogP contribution is -2.65. The molecular weight excluding hydrogens is 802 g/mol. The second-order valence-corrected chi connectivity index (χ2v) is 17.3. The topological polar surface area (TPSA) is 16.3 Å². The molecule has 15 rings (SSSR count). The van der Waals surface area contributed by atoms with E-state index < -0.39 is 36.7 Å². The van der Waals surface area contributed by atoms with Gasteiger partial charge in [0.05, 0.1) is 22.4 Å². The third-order valence-electron chi connectivity index (χ3n) is 14.3. The van der Waals surface area contributed by atoms with Crippen LogP contribution in [0.2, 0.25) is 0 Å². The highest BCUT2D eigenvalue weighted by Gasteiger charge is 2.49. The molecule has 0 bridgehead atoms. The van der Waals surface area contributed by atoms with E-state index in [4.69, 9.17) is 0 Å². The van der Waals surface area contributed by atoms with E-state index in [1.807, 2.05) is 113 Å². The van der Waals surface area contributed by atoms with E-state index in [0.29, 0.717) is 45.0 Å². The zero-order valence-electron chi connectivity index (χ0n) is 33.6. The lowest BCUT2D eigenvalue weighted by molar-refractivity contribution is 0.510. The van der Waals surface area contributed by atoms with Crippen molar-refractivity contribution in [3.05, 3.63) is 193 Å². The van der Waals surface area contributed by atoms with Gasteiger partial charge in [0, 0.05) is 78.8 Å². The van der Waals surface area contributed by atoms with Crippen LogP contribution in [-0.2, 0) is 0 Å². The Balaban J connectivity index is 1.14. The predicted molar refractivity (Wildman–Crippen MR) is 254 cm³/mol. The summed E-state index contributed by atoms with van der Waals surface area (Å²) in [5.41, 5.74) is 12.6. The molecule has 10 heteroatoms. The van der Waals surface area contributed by atoms with E-state index in [0.717, 1.165) is 65.5 Å². The molecule has 0 amide bonds. The minimum atomic E-state index is -0.962. The zero-order chi connectivity index (χ0) is 42.3. The number of halogens is 4. The van der Waals surface area contributed by atoms with Gasteiger partial charge in [0.1, 0.15) is 0 Å². The molecule has 0 aliphatic carbocycles. The van der Waals surface area contributed by atoms with Crippen LogP contribution < -0.4 is 42.6 Å². The Morgan fingerprint density at radius 1 is 0.344 bits per heavy atom. The minimum absolute atomic E-state index is 0.119. The molecule has 0 N–H and O–H groups in total. The molecule has 6 heterocycles. The van der Waals surface area contributed by atoms with E-state index >= 15 is 17.6 Å². The van der Waals surface area contributed by atoms with Crippen molar-refractivity contribution >= 4 is 124 Å². The van der Waals surface area contributed by atoms with E-state index in [9.17, 15) is 0 Å². The maximum atomic E-state index is 17.3. The van der Waals surface area contributed by atoms with Crippen LogP contribution in [0.3, 0.4) is 0 Å². The standard InChI is InChI=1S/C54H28B2F4N4/c57-39-26-45-47-53(49(39)59)61(29-13-3-1-4-14-29)43-28-44-38(25-37(43)55(47)35-21-11-19-33-31-17-7-9-23-41(31)63(45)51(33)35)56-36-22-12-20-34-32-18-8-10-24-42(32)64(52(34)36)46-27-40(58)50(60)54(48(46)56)62(44)30-15-5-2-6-16-30/h1-28H. The monoisotopic (exact) mass is 830 g/mol. The molecule has 0 saturated carbocycles. The van der Waals surface area contributed by atoms with Gasteiger partial charge in [-0.15, -0.1) is 0 Å². The molecule has 0 radical (unpaired) electrons. The number of hydrogen-bond donors (Lipinski definition) is 0. The van der Waals surface area contributed by atoms with Crippen LogP contribution in [0.4, 0.5) is 51.7 Å². The maximum Gasteiger partial charge on any atom is 0.252 e. The molecule has 0 saturated heterocycles. The number of aromatic nitrogens is 2. The summed E-state index contributed by atoms with van der Waals surface area (Å²) in [6.45, 7) is -1.05. The largest absolute Gasteiger partial charge is 0.310 e. The first-order chi connectivity index (χ1) is 31.5. The first-order valence-electron chi connectivity index (χ1n) is 21.4. The van der Waals surface area contributed by atoms with E-state index in [2.05, 4.69) is 63.7 Å². The SMILES string of the molecule is Fc1cc2c3c(c1F)N(c1ccccc1)c1cc4c(cc1B3c1cccc3c5ccccc5n-2c13)B1c2c(cc(F)c(F)c2N4c2ccccc2)-n2c3ccccc3c3cccc1c32. The van der Waals surface area contributed by atoms with Crippen LogP contribution in [-0.4, -0.2) is 22.6 Å². The zero-order valence-corrected chi connectivity index (χ0v) is 33.6. The predicted octanol–water partition coefficient (Wildman–Crippen LogP) is 9.66. The fourth-order valence-corrected chi connectivity index (χ4v) is 12.0. The highest BCUT2D eigenvalue weighted by atomic mass is 19.2. The normalized spacial score (nSPS) is 13.8. The molecule has 11 aromatic rings. The van der Waals surface area contributed by atoms with Gasteiger partial charge in [-0.25, -0.2) is 17.6 Å². The van der Waals surface area contributed by atoms with Gasteiger partial charge in [-0.1, -0.05) is 115 Å². The second-order valence-electron chi connectivity index (χ2n) is 17.3. The number of rotatable bonds is 2. The van der Waals surface area contributed by atoms with Crippen LogP contribution in [0.15, 0.2) is 170 Å². The summed E-state index contributed by atoms with van der Waals surface area (Å²) in [5, 5.41) is 4.08. The third-order valence-corrected chi connectivity index (χ3v) is 14.3. The van der Waals surface area contributed by atoms with Crippen LogP contribution in [0.1, 0.15) is 0 Å². The summed E-state index contributed by atoms with van der Waals surface area (Å²) >= 11 is 0. The average molecular weight is 830 g/mol. The smallest absolute Gasteiger partial charge is 0.252 e. The van der Waals surface area contributed by atoms with Crippen molar-refractivity contribution in [1.29, 1.82) is 0 Å². The van der Waals surface area contributed by atoms with Gasteiger partial charge in [-0.3, -0.25) is 0 Å². The summed E-state index contributed by atoms with van der Waals surface area (Å²) in [6, 6.07) is 54.6. The summed E-state index contributed by atoms with van der Waals surface area (Å²) in [4.78, 5) is 3.65. The van der Waals surface area contributed by atoms with Crippen molar-refractivity contribution in [3.63, 3.8) is 0 Å². The third kappa shape index (κ3) is 4.04. The van der Waals surface area contributed by atoms with Gasteiger partial charge in [0.15, 0.2) is 23.3 Å². The fraction of sp³-hybridized carbons (Fsp3) is 0. The van der Waals surface area contributed by atoms with Gasteiger partial charge in [-0.2, -0.15) is 0 Å². The van der Waals surface area contributed by atoms with Crippen molar-refractivity contribution in [2.24, 2.45) is 0 Å². The van der Waals surface area contributed by atoms with Crippen LogP contribution >= 0.6 is 0 Å².